The van der Waals surface area contributed by atoms with Gasteiger partial charge in [0.05, 0.1) is 0 Å². The molecule has 0 bridgehead atoms. The number of hydrogen-bond donors (Lipinski definition) is 0. The van der Waals surface area contributed by atoms with E-state index < -0.39 is 0 Å². The fraction of sp³-hybridized carbons (Fsp3) is 0. The molecule has 0 aliphatic rings. The van der Waals surface area contributed by atoms with E-state index in [9.17, 15) is 0 Å². The summed E-state index contributed by atoms with van der Waals surface area (Å²) in [6.45, 7) is 0. The summed E-state index contributed by atoms with van der Waals surface area (Å²) in [5, 5.41) is 0. The van der Waals surface area contributed by atoms with Crippen molar-refractivity contribution in [1.82, 2.24) is 0 Å². The molecule has 0 aromatic rings. The minimum absolute atomic E-state index is 0. The van der Waals surface area contributed by atoms with Crippen molar-refractivity contribution in [2.45, 2.75) is 0 Å². The van der Waals surface area contributed by atoms with Gasteiger partial charge in [-0.15, -0.1) is 0 Å². The molecule has 0 fully saturated rings. The maximum atomic E-state index is 0. The minimum atomic E-state index is 0. The average molecular weight is 252 g/mol. The molecule has 0 aliphatic heterocycles. The first-order valence-corrected chi connectivity index (χ1v) is 0. The van der Waals surface area contributed by atoms with Crippen LogP contribution in [-0.4, -0.2) is 0 Å². The maximum Gasteiger partial charge on any atom is 2.00 e. The fourth-order valence-corrected chi connectivity index (χ4v) is 0. The molecule has 0 heterocycles. The van der Waals surface area contributed by atoms with E-state index in [1.807, 2.05) is 0 Å². The zero-order valence-corrected chi connectivity index (χ0v) is 5.89. The molecule has 5 heteroatoms. The molecule has 0 spiro atoms. The second-order valence-electron chi connectivity index (χ2n) is 0. The molecular formula is CoCuMnNiO. The molecule has 0 aromatic carbocycles. The molecule has 0 saturated carbocycles. The summed E-state index contributed by atoms with van der Waals surface area (Å²) in [7, 11) is 0. The molecule has 0 N–H and O–H groups in total. The Labute approximate surface area is 72.4 Å². The van der Waals surface area contributed by atoms with Gasteiger partial charge < -0.3 is 5.48 Å². The van der Waals surface area contributed by atoms with Crippen molar-refractivity contribution in [3.05, 3.63) is 0 Å². The number of hydrogen-bond acceptors (Lipinski definition) is 0. The first-order valence-electron chi connectivity index (χ1n) is 0. The summed E-state index contributed by atoms with van der Waals surface area (Å²) in [6, 6.07) is 0. The van der Waals surface area contributed by atoms with Gasteiger partial charge in [-0.25, -0.2) is 0 Å². The average Bonchev–Trinajstić information content (AvgIpc) is 0. The Morgan fingerprint density at radius 2 is 1.00 bits per heavy atom. The molecule has 0 amide bonds. The Balaban J connectivity index is 0. The molecule has 3 radical (unpaired) electrons. The van der Waals surface area contributed by atoms with E-state index in [1.165, 1.54) is 0 Å². The predicted molar refractivity (Wildman–Crippen MR) is 0.686 cm³/mol. The molecule has 0 aromatic heterocycles. The summed E-state index contributed by atoms with van der Waals surface area (Å²) in [5.74, 6) is 0. The van der Waals surface area contributed by atoms with Crippen LogP contribution in [0.4, 0.5) is 0 Å². The monoisotopic (exact) mass is 251 g/mol. The molecule has 43 valence electrons. The molecule has 1 nitrogen and oxygen atoms in total. The van der Waals surface area contributed by atoms with Crippen LogP contribution in [0.25, 0.3) is 0 Å². The standard InChI is InChI=1S/Co.Cu.Mn.Ni.O/q+2;;;;-2. The van der Waals surface area contributed by atoms with Crippen LogP contribution < -0.4 is 0 Å². The zero-order chi connectivity index (χ0) is 0. The van der Waals surface area contributed by atoms with Gasteiger partial charge in [0.1, 0.15) is 0 Å². The molecule has 0 aliphatic carbocycles. The van der Waals surface area contributed by atoms with Crippen molar-refractivity contribution in [3.63, 3.8) is 0 Å². The van der Waals surface area contributed by atoms with Crippen molar-refractivity contribution >= 4 is 0 Å². The maximum absolute atomic E-state index is 0. The third kappa shape index (κ3) is 24.0. The van der Waals surface area contributed by atoms with Gasteiger partial charge in [-0.3, -0.25) is 0 Å². The Kier molecular flexibility index (Phi) is 473. The topological polar surface area (TPSA) is 28.5 Å². The van der Waals surface area contributed by atoms with E-state index in [4.69, 9.17) is 0 Å². The van der Waals surface area contributed by atoms with Gasteiger partial charge >= 0.3 is 16.8 Å². The Morgan fingerprint density at radius 1 is 1.00 bits per heavy atom. The molecule has 0 unspecified atom stereocenters. The van der Waals surface area contributed by atoms with Crippen LogP contribution in [0.2, 0.25) is 0 Å². The van der Waals surface area contributed by atoms with Crippen LogP contribution in [0.5, 0.6) is 0 Å². The van der Waals surface area contributed by atoms with Crippen LogP contribution in [0.15, 0.2) is 0 Å². The quantitative estimate of drug-likeness (QED) is 0.537. The van der Waals surface area contributed by atoms with Gasteiger partial charge in [0, 0.05) is 50.6 Å². The molecule has 0 atom stereocenters. The number of rotatable bonds is 0. The first kappa shape index (κ1) is 63.0. The minimum Gasteiger partial charge on any atom is -2.00 e. The van der Waals surface area contributed by atoms with Crippen molar-refractivity contribution in [3.8, 4) is 0 Å². The molecule has 0 rings (SSSR count). The van der Waals surface area contributed by atoms with Crippen LogP contribution in [0.1, 0.15) is 0 Å². The van der Waals surface area contributed by atoms with Gasteiger partial charge in [-0.1, -0.05) is 0 Å². The predicted octanol–water partition coefficient (Wildman–Crippen LogP) is -0.129. The van der Waals surface area contributed by atoms with Crippen LogP contribution in [-0.2, 0) is 72.9 Å². The van der Waals surface area contributed by atoms with Crippen LogP contribution >= 0.6 is 0 Å². The summed E-state index contributed by atoms with van der Waals surface area (Å²) in [5.41, 5.74) is 0. The summed E-state index contributed by atoms with van der Waals surface area (Å²) in [4.78, 5) is 0. The zero-order valence-electron chi connectivity index (χ0n) is 1.74. The van der Waals surface area contributed by atoms with E-state index in [0.29, 0.717) is 0 Å². The summed E-state index contributed by atoms with van der Waals surface area (Å²) < 4.78 is 0. The normalized spacial score (nSPS) is 0. The van der Waals surface area contributed by atoms with Gasteiger partial charge in [0.2, 0.25) is 0 Å². The van der Waals surface area contributed by atoms with Gasteiger partial charge in [-0.05, 0) is 0 Å². The molecule has 5 heavy (non-hydrogen) atoms. The van der Waals surface area contributed by atoms with E-state index >= 15 is 0 Å². The fourth-order valence-electron chi connectivity index (χ4n) is 0. The van der Waals surface area contributed by atoms with E-state index in [-0.39, 0.29) is 72.9 Å². The summed E-state index contributed by atoms with van der Waals surface area (Å²) in [6.07, 6.45) is 0. The Bertz CT molecular complexity index is 11.6. The Morgan fingerprint density at radius 3 is 1.00 bits per heavy atom. The third-order valence-electron chi connectivity index (χ3n) is 0. The SMILES string of the molecule is [Co+2].[Cu].[Mn].[Ni].[O-2]. The van der Waals surface area contributed by atoms with E-state index in [1.54, 1.807) is 0 Å². The molecule has 0 saturated heterocycles. The van der Waals surface area contributed by atoms with Crippen molar-refractivity contribution in [2.75, 3.05) is 0 Å². The van der Waals surface area contributed by atoms with Crippen molar-refractivity contribution in [1.29, 1.82) is 0 Å². The van der Waals surface area contributed by atoms with E-state index in [2.05, 4.69) is 0 Å². The summed E-state index contributed by atoms with van der Waals surface area (Å²) >= 11 is 0. The second-order valence-corrected chi connectivity index (χ2v) is 0. The van der Waals surface area contributed by atoms with Crippen LogP contribution in [0.3, 0.4) is 0 Å². The van der Waals surface area contributed by atoms with Crippen molar-refractivity contribution < 1.29 is 72.9 Å². The smallest absolute Gasteiger partial charge is 2.00 e. The van der Waals surface area contributed by atoms with Crippen molar-refractivity contribution in [2.24, 2.45) is 0 Å². The van der Waals surface area contributed by atoms with Gasteiger partial charge in [-0.2, -0.15) is 0 Å². The Hall–Kier alpha value is 2.00. The van der Waals surface area contributed by atoms with Crippen LogP contribution in [0, 0.1) is 0 Å². The largest absolute Gasteiger partial charge is 2.00 e. The second kappa shape index (κ2) is 37.5. The third-order valence-corrected chi connectivity index (χ3v) is 0. The van der Waals surface area contributed by atoms with Gasteiger partial charge in [0.25, 0.3) is 0 Å². The van der Waals surface area contributed by atoms with E-state index in [0.717, 1.165) is 0 Å². The van der Waals surface area contributed by atoms with Gasteiger partial charge in [0.15, 0.2) is 0 Å². The molecular weight excluding hydrogens is 252 g/mol. The first-order chi connectivity index (χ1) is 0.